The lowest BCUT2D eigenvalue weighted by Gasteiger charge is -2.21. The van der Waals surface area contributed by atoms with Crippen LogP contribution in [0.1, 0.15) is 25.7 Å². The molecule has 0 aromatic carbocycles. The second-order valence-corrected chi connectivity index (χ2v) is 4.51. The van der Waals surface area contributed by atoms with Crippen LogP contribution in [0.4, 0.5) is 3.89 Å². The lowest BCUT2D eigenvalue weighted by atomic mass is 10.1. The summed E-state index contributed by atoms with van der Waals surface area (Å²) in [7, 11) is -4.30. The van der Waals surface area contributed by atoms with Gasteiger partial charge in [-0.3, -0.25) is 0 Å². The molecular weight excluding hydrogens is 183 g/mol. The third kappa shape index (κ3) is 4.01. The zero-order valence-corrected chi connectivity index (χ0v) is 7.65. The Morgan fingerprint density at radius 3 is 2.67 bits per heavy atom. The van der Waals surface area contributed by atoms with Gasteiger partial charge in [-0.1, -0.05) is 0 Å². The molecule has 1 saturated heterocycles. The van der Waals surface area contributed by atoms with E-state index in [9.17, 15) is 12.3 Å². The molecule has 0 amide bonds. The molecule has 1 rings (SSSR count). The molecule has 1 aliphatic rings. The topological polar surface area (TPSA) is 43.4 Å². The van der Waals surface area contributed by atoms with E-state index >= 15 is 0 Å². The van der Waals surface area contributed by atoms with Crippen molar-refractivity contribution in [3.8, 4) is 0 Å². The van der Waals surface area contributed by atoms with Gasteiger partial charge in [-0.2, -0.15) is 8.42 Å². The van der Waals surface area contributed by atoms with Crippen LogP contribution in [-0.4, -0.2) is 26.9 Å². The van der Waals surface area contributed by atoms with Gasteiger partial charge in [0.2, 0.25) is 0 Å². The van der Waals surface area contributed by atoms with Gasteiger partial charge in [0.25, 0.3) is 0 Å². The molecule has 0 aliphatic carbocycles. The highest BCUT2D eigenvalue weighted by atomic mass is 32.3. The monoisotopic (exact) mass is 196 g/mol. The summed E-state index contributed by atoms with van der Waals surface area (Å²) >= 11 is 0. The zero-order valence-electron chi connectivity index (χ0n) is 6.83. The third-order valence-electron chi connectivity index (χ3n) is 1.96. The first-order chi connectivity index (χ1) is 5.58. The Kier molecular flexibility index (Phi) is 3.46. The van der Waals surface area contributed by atoms with Crippen LogP contribution in [0.5, 0.6) is 0 Å². The lowest BCUT2D eigenvalue weighted by molar-refractivity contribution is 0.0146. The summed E-state index contributed by atoms with van der Waals surface area (Å²) in [4.78, 5) is 0. The fourth-order valence-electron chi connectivity index (χ4n) is 1.31. The SMILES string of the molecule is O=S(=O)(F)CCC1CCCCO1. The van der Waals surface area contributed by atoms with Crippen molar-refractivity contribution >= 4 is 10.2 Å². The van der Waals surface area contributed by atoms with E-state index in [0.717, 1.165) is 19.3 Å². The van der Waals surface area contributed by atoms with Gasteiger partial charge < -0.3 is 4.74 Å². The van der Waals surface area contributed by atoms with Crippen LogP contribution in [0.15, 0.2) is 0 Å². The third-order valence-corrected chi connectivity index (χ3v) is 2.68. The molecule has 0 radical (unpaired) electrons. The maximum Gasteiger partial charge on any atom is 0.302 e. The molecule has 0 saturated carbocycles. The minimum atomic E-state index is -4.30. The van der Waals surface area contributed by atoms with Gasteiger partial charge in [0.05, 0.1) is 11.9 Å². The predicted molar refractivity (Wildman–Crippen MR) is 43.1 cm³/mol. The van der Waals surface area contributed by atoms with E-state index in [1.807, 2.05) is 0 Å². The van der Waals surface area contributed by atoms with Crippen LogP contribution < -0.4 is 0 Å². The summed E-state index contributed by atoms with van der Waals surface area (Å²) in [6.45, 7) is 0.678. The second-order valence-electron chi connectivity index (χ2n) is 3.02. The first-order valence-corrected chi connectivity index (χ1v) is 5.67. The number of ether oxygens (including phenoxy) is 1. The number of rotatable bonds is 3. The first kappa shape index (κ1) is 9.92. The Labute approximate surface area is 72.1 Å². The Bertz CT molecular complexity index is 219. The van der Waals surface area contributed by atoms with Gasteiger partial charge in [-0.15, -0.1) is 3.89 Å². The van der Waals surface area contributed by atoms with Crippen LogP contribution >= 0.6 is 0 Å². The summed E-state index contributed by atoms with van der Waals surface area (Å²) in [5.74, 6) is -0.405. The molecule has 1 heterocycles. The Morgan fingerprint density at radius 1 is 1.42 bits per heavy atom. The lowest BCUT2D eigenvalue weighted by Crippen LogP contribution is -2.21. The van der Waals surface area contributed by atoms with Crippen molar-refractivity contribution in [2.75, 3.05) is 12.4 Å². The van der Waals surface area contributed by atoms with Gasteiger partial charge in [0.1, 0.15) is 0 Å². The number of hydrogen-bond donors (Lipinski definition) is 0. The maximum atomic E-state index is 12.1. The molecule has 0 aromatic rings. The van der Waals surface area contributed by atoms with E-state index in [1.54, 1.807) is 0 Å². The minimum absolute atomic E-state index is 0.0516. The van der Waals surface area contributed by atoms with Gasteiger partial charge >= 0.3 is 10.2 Å². The Hall–Kier alpha value is -0.160. The Morgan fingerprint density at radius 2 is 2.17 bits per heavy atom. The molecule has 1 fully saturated rings. The van der Waals surface area contributed by atoms with Gasteiger partial charge in [0.15, 0.2) is 0 Å². The molecule has 1 aliphatic heterocycles. The second kappa shape index (κ2) is 4.18. The van der Waals surface area contributed by atoms with Crippen molar-refractivity contribution < 1.29 is 17.0 Å². The summed E-state index contributed by atoms with van der Waals surface area (Å²) < 4.78 is 37.6. The van der Waals surface area contributed by atoms with E-state index in [4.69, 9.17) is 4.74 Å². The highest BCUT2D eigenvalue weighted by Gasteiger charge is 2.17. The van der Waals surface area contributed by atoms with Crippen molar-refractivity contribution in [2.45, 2.75) is 31.8 Å². The van der Waals surface area contributed by atoms with Crippen LogP contribution in [0, 0.1) is 0 Å². The standard InChI is InChI=1S/C7H13FO3S/c8-12(9,10)6-4-7-3-1-2-5-11-7/h7H,1-6H2. The van der Waals surface area contributed by atoms with Crippen LogP contribution in [-0.2, 0) is 15.0 Å². The largest absolute Gasteiger partial charge is 0.378 e. The van der Waals surface area contributed by atoms with E-state index in [0.29, 0.717) is 13.0 Å². The quantitative estimate of drug-likeness (QED) is 0.638. The van der Waals surface area contributed by atoms with E-state index in [2.05, 4.69) is 0 Å². The summed E-state index contributed by atoms with van der Waals surface area (Å²) in [6, 6.07) is 0. The highest BCUT2D eigenvalue weighted by Crippen LogP contribution is 2.16. The smallest absolute Gasteiger partial charge is 0.302 e. The van der Waals surface area contributed by atoms with Gasteiger partial charge in [-0.25, -0.2) is 0 Å². The molecule has 0 aromatic heterocycles. The molecule has 72 valence electrons. The number of halogens is 1. The molecule has 12 heavy (non-hydrogen) atoms. The number of hydrogen-bond acceptors (Lipinski definition) is 3. The van der Waals surface area contributed by atoms with Crippen LogP contribution in [0.3, 0.4) is 0 Å². The summed E-state index contributed by atoms with van der Waals surface area (Å²) in [5.41, 5.74) is 0. The molecule has 5 heteroatoms. The van der Waals surface area contributed by atoms with E-state index in [-0.39, 0.29) is 6.10 Å². The van der Waals surface area contributed by atoms with Crippen molar-refractivity contribution in [3.05, 3.63) is 0 Å². The zero-order chi connectivity index (χ0) is 9.03. The van der Waals surface area contributed by atoms with Crippen molar-refractivity contribution in [3.63, 3.8) is 0 Å². The molecule has 1 atom stereocenters. The average molecular weight is 196 g/mol. The highest BCUT2D eigenvalue weighted by molar-refractivity contribution is 7.86. The molecular formula is C7H13FO3S. The van der Waals surface area contributed by atoms with Crippen molar-refractivity contribution in [2.24, 2.45) is 0 Å². The Balaban J connectivity index is 2.22. The normalized spacial score (nSPS) is 25.6. The minimum Gasteiger partial charge on any atom is -0.378 e. The molecule has 0 bridgehead atoms. The van der Waals surface area contributed by atoms with Crippen molar-refractivity contribution in [1.29, 1.82) is 0 Å². The molecule has 0 N–H and O–H groups in total. The maximum absolute atomic E-state index is 12.1. The fourth-order valence-corrected chi connectivity index (χ4v) is 1.85. The van der Waals surface area contributed by atoms with Crippen LogP contribution in [0.25, 0.3) is 0 Å². The summed E-state index contributed by atoms with van der Waals surface area (Å²) in [6.07, 6.45) is 3.17. The average Bonchev–Trinajstić information content (AvgIpc) is 2.02. The molecule has 3 nitrogen and oxygen atoms in total. The van der Waals surface area contributed by atoms with Gasteiger partial charge in [-0.05, 0) is 25.7 Å². The predicted octanol–water partition coefficient (Wildman–Crippen LogP) is 1.24. The first-order valence-electron chi connectivity index (χ1n) is 4.12. The van der Waals surface area contributed by atoms with E-state index in [1.165, 1.54) is 0 Å². The summed E-state index contributed by atoms with van der Waals surface area (Å²) in [5, 5.41) is 0. The molecule has 0 spiro atoms. The van der Waals surface area contributed by atoms with Crippen molar-refractivity contribution in [1.82, 2.24) is 0 Å². The van der Waals surface area contributed by atoms with E-state index < -0.39 is 16.0 Å². The van der Waals surface area contributed by atoms with Gasteiger partial charge in [0, 0.05) is 6.61 Å². The molecule has 1 unspecified atom stereocenters. The fraction of sp³-hybridized carbons (Fsp3) is 1.00. The van der Waals surface area contributed by atoms with Crippen LogP contribution in [0.2, 0.25) is 0 Å².